The summed E-state index contributed by atoms with van der Waals surface area (Å²) in [6.45, 7) is 5.50. The molecule has 0 radical (unpaired) electrons. The van der Waals surface area contributed by atoms with Gasteiger partial charge in [-0.05, 0) is 39.0 Å². The Morgan fingerprint density at radius 2 is 1.72 bits per heavy atom. The van der Waals surface area contributed by atoms with Crippen LogP contribution in [0.2, 0.25) is 10.0 Å². The molecular formula is C14H12Cl2O2. The van der Waals surface area contributed by atoms with Crippen molar-refractivity contribution in [3.63, 3.8) is 0 Å². The van der Waals surface area contributed by atoms with E-state index < -0.39 is 0 Å². The van der Waals surface area contributed by atoms with Crippen molar-refractivity contribution in [1.82, 2.24) is 0 Å². The summed E-state index contributed by atoms with van der Waals surface area (Å²) in [7, 11) is 0. The Kier molecular flexibility index (Phi) is 3.51. The van der Waals surface area contributed by atoms with Gasteiger partial charge < -0.3 is 4.42 Å². The average Bonchev–Trinajstić information content (AvgIpc) is 2.56. The summed E-state index contributed by atoms with van der Waals surface area (Å²) in [6, 6.07) is 4.86. The van der Waals surface area contributed by atoms with Crippen LogP contribution < -0.4 is 0 Å². The second-order valence-corrected chi connectivity index (χ2v) is 4.99. The molecule has 0 bridgehead atoms. The first kappa shape index (κ1) is 13.2. The monoisotopic (exact) mass is 282 g/mol. The minimum atomic E-state index is -0.0968. The fraction of sp³-hybridized carbons (Fsp3) is 0.214. The Hall–Kier alpha value is -1.25. The number of halogens is 2. The molecule has 4 heteroatoms. The van der Waals surface area contributed by atoms with E-state index in [0.29, 0.717) is 26.9 Å². The lowest BCUT2D eigenvalue weighted by atomic mass is 10.00. The van der Waals surface area contributed by atoms with Gasteiger partial charge in [0.05, 0.1) is 15.6 Å². The van der Waals surface area contributed by atoms with Crippen LogP contribution in [0.1, 0.15) is 33.0 Å². The minimum absolute atomic E-state index is 0.0968. The third-order valence-electron chi connectivity index (χ3n) is 2.97. The van der Waals surface area contributed by atoms with E-state index in [4.69, 9.17) is 27.6 Å². The third kappa shape index (κ3) is 2.18. The molecule has 0 atom stereocenters. The fourth-order valence-corrected chi connectivity index (χ4v) is 2.21. The summed E-state index contributed by atoms with van der Waals surface area (Å²) in [5, 5.41) is 0.808. The number of ketones is 1. The summed E-state index contributed by atoms with van der Waals surface area (Å²) in [5.74, 6) is 1.29. The fourth-order valence-electron chi connectivity index (χ4n) is 1.91. The molecule has 0 unspecified atom stereocenters. The molecule has 18 heavy (non-hydrogen) atoms. The molecule has 0 spiro atoms. The lowest BCUT2D eigenvalue weighted by Crippen LogP contribution is -2.03. The molecule has 0 fully saturated rings. The van der Waals surface area contributed by atoms with E-state index in [0.717, 1.165) is 11.3 Å². The number of furan rings is 1. The Morgan fingerprint density at radius 3 is 2.22 bits per heavy atom. The van der Waals surface area contributed by atoms with Crippen LogP contribution in [-0.4, -0.2) is 5.78 Å². The van der Waals surface area contributed by atoms with Crippen molar-refractivity contribution >= 4 is 29.0 Å². The van der Waals surface area contributed by atoms with Gasteiger partial charge in [0.2, 0.25) is 0 Å². The van der Waals surface area contributed by atoms with Crippen LogP contribution in [0.25, 0.3) is 0 Å². The van der Waals surface area contributed by atoms with Crippen LogP contribution in [0.5, 0.6) is 0 Å². The molecule has 0 N–H and O–H groups in total. The van der Waals surface area contributed by atoms with Crippen LogP contribution in [0.15, 0.2) is 22.6 Å². The van der Waals surface area contributed by atoms with Crippen molar-refractivity contribution in [2.45, 2.75) is 20.8 Å². The molecule has 0 saturated carbocycles. The van der Waals surface area contributed by atoms with Gasteiger partial charge >= 0.3 is 0 Å². The van der Waals surface area contributed by atoms with Crippen LogP contribution in [-0.2, 0) is 0 Å². The maximum absolute atomic E-state index is 12.4. The predicted molar refractivity (Wildman–Crippen MR) is 72.8 cm³/mol. The van der Waals surface area contributed by atoms with Gasteiger partial charge in [-0.2, -0.15) is 0 Å². The SMILES string of the molecule is Cc1oc(C)c(C(=O)c2ccc(Cl)c(Cl)c2)c1C. The Labute approximate surface area is 116 Å². The molecule has 0 aliphatic heterocycles. The van der Waals surface area contributed by atoms with Gasteiger partial charge in [0.15, 0.2) is 5.78 Å². The van der Waals surface area contributed by atoms with E-state index in [2.05, 4.69) is 0 Å². The highest BCUT2D eigenvalue weighted by Gasteiger charge is 2.20. The predicted octanol–water partition coefficient (Wildman–Crippen LogP) is 4.74. The van der Waals surface area contributed by atoms with E-state index in [1.165, 1.54) is 0 Å². The summed E-state index contributed by atoms with van der Waals surface area (Å²) in [6.07, 6.45) is 0. The van der Waals surface area contributed by atoms with Crippen molar-refractivity contribution in [3.8, 4) is 0 Å². The zero-order chi connectivity index (χ0) is 13.4. The van der Waals surface area contributed by atoms with Crippen LogP contribution in [0.4, 0.5) is 0 Å². The molecule has 94 valence electrons. The van der Waals surface area contributed by atoms with Crippen molar-refractivity contribution in [1.29, 1.82) is 0 Å². The molecule has 0 saturated heterocycles. The molecule has 0 amide bonds. The minimum Gasteiger partial charge on any atom is -0.466 e. The molecule has 1 heterocycles. The maximum Gasteiger partial charge on any atom is 0.196 e. The highest BCUT2D eigenvalue weighted by molar-refractivity contribution is 6.42. The van der Waals surface area contributed by atoms with E-state index in [9.17, 15) is 4.79 Å². The van der Waals surface area contributed by atoms with Crippen molar-refractivity contribution in [3.05, 3.63) is 56.5 Å². The zero-order valence-corrected chi connectivity index (χ0v) is 11.8. The number of benzene rings is 1. The molecule has 0 aliphatic carbocycles. The summed E-state index contributed by atoms with van der Waals surface area (Å²) in [5.41, 5.74) is 1.98. The lowest BCUT2D eigenvalue weighted by Gasteiger charge is -2.03. The quantitative estimate of drug-likeness (QED) is 0.745. The molecule has 0 aliphatic rings. The highest BCUT2D eigenvalue weighted by atomic mass is 35.5. The highest BCUT2D eigenvalue weighted by Crippen LogP contribution is 2.27. The standard InChI is InChI=1S/C14H12Cl2O2/c1-7-8(2)18-9(3)13(7)14(17)10-4-5-11(15)12(16)6-10/h4-6H,1-3H3. The van der Waals surface area contributed by atoms with Gasteiger partial charge in [-0.15, -0.1) is 0 Å². The topological polar surface area (TPSA) is 30.2 Å². The maximum atomic E-state index is 12.4. The first-order chi connectivity index (χ1) is 8.41. The average molecular weight is 283 g/mol. The molecule has 2 nitrogen and oxygen atoms in total. The van der Waals surface area contributed by atoms with Crippen LogP contribution >= 0.6 is 23.2 Å². The lowest BCUT2D eigenvalue weighted by molar-refractivity contribution is 0.103. The number of aryl methyl sites for hydroxylation is 2. The smallest absolute Gasteiger partial charge is 0.196 e. The molecule has 2 aromatic rings. The van der Waals surface area contributed by atoms with E-state index in [1.807, 2.05) is 13.8 Å². The molecular weight excluding hydrogens is 271 g/mol. The van der Waals surface area contributed by atoms with E-state index in [1.54, 1.807) is 25.1 Å². The first-order valence-corrected chi connectivity index (χ1v) is 6.23. The Bertz CT molecular complexity index is 627. The molecule has 1 aromatic heterocycles. The van der Waals surface area contributed by atoms with E-state index >= 15 is 0 Å². The Morgan fingerprint density at radius 1 is 1.06 bits per heavy atom. The Balaban J connectivity index is 2.51. The number of hydrogen-bond acceptors (Lipinski definition) is 2. The number of rotatable bonds is 2. The number of carbonyl (C=O) groups excluding carboxylic acids is 1. The van der Waals surface area contributed by atoms with Gasteiger partial charge in [0, 0.05) is 11.1 Å². The number of carbonyl (C=O) groups is 1. The molecule has 2 rings (SSSR count). The largest absolute Gasteiger partial charge is 0.466 e. The summed E-state index contributed by atoms with van der Waals surface area (Å²) in [4.78, 5) is 12.4. The van der Waals surface area contributed by atoms with Gasteiger partial charge in [-0.25, -0.2) is 0 Å². The van der Waals surface area contributed by atoms with Gasteiger partial charge in [0.25, 0.3) is 0 Å². The second-order valence-electron chi connectivity index (χ2n) is 4.17. The van der Waals surface area contributed by atoms with Crippen molar-refractivity contribution in [2.75, 3.05) is 0 Å². The second kappa shape index (κ2) is 4.79. The van der Waals surface area contributed by atoms with Gasteiger partial charge in [0.1, 0.15) is 11.5 Å². The van der Waals surface area contributed by atoms with E-state index in [-0.39, 0.29) is 5.78 Å². The van der Waals surface area contributed by atoms with Crippen molar-refractivity contribution in [2.24, 2.45) is 0 Å². The molecule has 1 aromatic carbocycles. The van der Waals surface area contributed by atoms with Crippen LogP contribution in [0, 0.1) is 20.8 Å². The first-order valence-electron chi connectivity index (χ1n) is 5.48. The summed E-state index contributed by atoms with van der Waals surface area (Å²) >= 11 is 11.8. The zero-order valence-electron chi connectivity index (χ0n) is 10.3. The van der Waals surface area contributed by atoms with Crippen LogP contribution in [0.3, 0.4) is 0 Å². The third-order valence-corrected chi connectivity index (χ3v) is 3.71. The van der Waals surface area contributed by atoms with Gasteiger partial charge in [-0.1, -0.05) is 23.2 Å². The normalized spacial score (nSPS) is 10.7. The van der Waals surface area contributed by atoms with Crippen molar-refractivity contribution < 1.29 is 9.21 Å². The summed E-state index contributed by atoms with van der Waals surface area (Å²) < 4.78 is 5.46. The van der Waals surface area contributed by atoms with Gasteiger partial charge in [-0.3, -0.25) is 4.79 Å². The number of hydrogen-bond donors (Lipinski definition) is 0.